The first-order valence-corrected chi connectivity index (χ1v) is 6.45. The van der Waals surface area contributed by atoms with E-state index >= 15 is 0 Å². The van der Waals surface area contributed by atoms with E-state index in [1.165, 1.54) is 5.56 Å². The lowest BCUT2D eigenvalue weighted by atomic mass is 10.0. The molecular formula is C15H27NO. The van der Waals surface area contributed by atoms with E-state index in [0.29, 0.717) is 0 Å². The predicted molar refractivity (Wildman–Crippen MR) is 76.4 cm³/mol. The highest BCUT2D eigenvalue weighted by Gasteiger charge is 2.11. The minimum absolute atomic E-state index is 0.0533. The van der Waals surface area contributed by atoms with Gasteiger partial charge in [0.25, 0.3) is 0 Å². The summed E-state index contributed by atoms with van der Waals surface area (Å²) in [5.41, 5.74) is 1.19. The van der Waals surface area contributed by atoms with E-state index in [9.17, 15) is 4.79 Å². The van der Waals surface area contributed by atoms with E-state index in [1.54, 1.807) is 6.92 Å². The molecule has 0 aliphatic carbocycles. The number of likely N-dealkylation sites (N-methyl/N-ethyl adjacent to an activating group) is 1. The largest absolute Gasteiger partial charge is 0.310 e. The molecule has 0 aliphatic rings. The summed E-state index contributed by atoms with van der Waals surface area (Å²) in [6.07, 6.45) is 0.771. The van der Waals surface area contributed by atoms with Crippen molar-refractivity contribution in [3.8, 4) is 0 Å². The molecule has 0 fully saturated rings. The fourth-order valence-corrected chi connectivity index (χ4v) is 1.30. The Morgan fingerprint density at radius 3 is 1.94 bits per heavy atom. The Bertz CT molecular complexity index is 270. The summed E-state index contributed by atoms with van der Waals surface area (Å²) in [5.74, 6) is 0.186. The molecule has 0 aromatic heterocycles. The highest BCUT2D eigenvalue weighted by atomic mass is 16.1. The molecule has 0 saturated heterocycles. The van der Waals surface area contributed by atoms with Crippen molar-refractivity contribution in [3.63, 3.8) is 0 Å². The van der Waals surface area contributed by atoms with Gasteiger partial charge in [0, 0.05) is 0 Å². The van der Waals surface area contributed by atoms with Crippen LogP contribution in [0, 0.1) is 0 Å². The Morgan fingerprint density at radius 2 is 1.59 bits per heavy atom. The van der Waals surface area contributed by atoms with Crippen molar-refractivity contribution in [3.05, 3.63) is 35.9 Å². The molecule has 0 amide bonds. The second kappa shape index (κ2) is 12.9. The Balaban J connectivity index is 0. The molecule has 0 heterocycles. The van der Waals surface area contributed by atoms with Crippen LogP contribution in [0.5, 0.6) is 0 Å². The molecule has 1 atom stereocenters. The molecular weight excluding hydrogens is 210 g/mol. The lowest BCUT2D eigenvalue weighted by molar-refractivity contribution is -0.118. The van der Waals surface area contributed by atoms with E-state index in [1.807, 2.05) is 65.1 Å². The zero-order valence-electron chi connectivity index (χ0n) is 12.1. The second-order valence-corrected chi connectivity index (χ2v) is 3.14. The lowest BCUT2D eigenvalue weighted by Crippen LogP contribution is -2.34. The first kappa shape index (κ1) is 18.2. The number of benzene rings is 1. The van der Waals surface area contributed by atoms with E-state index in [0.717, 1.165) is 6.42 Å². The highest BCUT2D eigenvalue weighted by molar-refractivity contribution is 5.81. The summed E-state index contributed by atoms with van der Waals surface area (Å²) in [6.45, 7) is 9.62. The van der Waals surface area contributed by atoms with Gasteiger partial charge >= 0.3 is 0 Å². The van der Waals surface area contributed by atoms with Gasteiger partial charge in [-0.25, -0.2) is 0 Å². The van der Waals surface area contributed by atoms with Gasteiger partial charge in [0.1, 0.15) is 5.78 Å². The molecule has 0 radical (unpaired) electrons. The number of hydrogen-bond acceptors (Lipinski definition) is 2. The third kappa shape index (κ3) is 8.64. The van der Waals surface area contributed by atoms with Crippen molar-refractivity contribution in [1.29, 1.82) is 0 Å². The topological polar surface area (TPSA) is 29.1 Å². The van der Waals surface area contributed by atoms with Gasteiger partial charge in [-0.3, -0.25) is 4.79 Å². The number of Topliss-reactive ketones (excluding diaryl/α,β-unsaturated/α-hetero) is 1. The van der Waals surface area contributed by atoms with Crippen LogP contribution in [0.25, 0.3) is 0 Å². The minimum atomic E-state index is -0.0533. The van der Waals surface area contributed by atoms with Crippen molar-refractivity contribution >= 4 is 5.78 Å². The summed E-state index contributed by atoms with van der Waals surface area (Å²) in [5, 5.41) is 3.00. The summed E-state index contributed by atoms with van der Waals surface area (Å²) < 4.78 is 0. The van der Waals surface area contributed by atoms with Crippen LogP contribution in [0.15, 0.2) is 30.3 Å². The molecule has 2 heteroatoms. The van der Waals surface area contributed by atoms with Crippen LogP contribution < -0.4 is 5.32 Å². The van der Waals surface area contributed by atoms with Gasteiger partial charge in [-0.05, 0) is 26.0 Å². The van der Waals surface area contributed by atoms with E-state index < -0.39 is 0 Å². The SMILES string of the molecule is CC.CC.CNC(Cc1ccccc1)C(C)=O. The Labute approximate surface area is 106 Å². The number of hydrogen-bond donors (Lipinski definition) is 1. The maximum atomic E-state index is 11.1. The third-order valence-electron chi connectivity index (χ3n) is 2.12. The van der Waals surface area contributed by atoms with Gasteiger partial charge in [0.05, 0.1) is 6.04 Å². The van der Waals surface area contributed by atoms with Crippen molar-refractivity contribution in [2.75, 3.05) is 7.05 Å². The van der Waals surface area contributed by atoms with E-state index in [4.69, 9.17) is 0 Å². The molecule has 2 nitrogen and oxygen atoms in total. The zero-order chi connectivity index (χ0) is 13.7. The average molecular weight is 237 g/mol. The van der Waals surface area contributed by atoms with Crippen molar-refractivity contribution in [2.45, 2.75) is 47.1 Å². The average Bonchev–Trinajstić information content (AvgIpc) is 2.41. The maximum absolute atomic E-state index is 11.1. The van der Waals surface area contributed by atoms with E-state index in [-0.39, 0.29) is 11.8 Å². The smallest absolute Gasteiger partial charge is 0.147 e. The van der Waals surface area contributed by atoms with Gasteiger partial charge in [-0.1, -0.05) is 58.0 Å². The molecule has 0 aliphatic heterocycles. The molecule has 0 saturated carbocycles. The maximum Gasteiger partial charge on any atom is 0.147 e. The summed E-state index contributed by atoms with van der Waals surface area (Å²) in [6, 6.07) is 9.97. The molecule has 1 N–H and O–H groups in total. The van der Waals surface area contributed by atoms with Crippen LogP contribution >= 0.6 is 0 Å². The first-order chi connectivity index (χ1) is 8.24. The normalized spacial score (nSPS) is 10.2. The van der Waals surface area contributed by atoms with Gasteiger partial charge in [0.15, 0.2) is 0 Å². The van der Waals surface area contributed by atoms with Gasteiger partial charge in [0.2, 0.25) is 0 Å². The lowest BCUT2D eigenvalue weighted by Gasteiger charge is -2.11. The first-order valence-electron chi connectivity index (χ1n) is 6.45. The van der Waals surface area contributed by atoms with Crippen molar-refractivity contribution in [2.24, 2.45) is 0 Å². The monoisotopic (exact) mass is 237 g/mol. The molecule has 0 bridgehead atoms. The van der Waals surface area contributed by atoms with Gasteiger partial charge < -0.3 is 5.32 Å². The molecule has 1 aromatic carbocycles. The molecule has 98 valence electrons. The third-order valence-corrected chi connectivity index (χ3v) is 2.12. The minimum Gasteiger partial charge on any atom is -0.310 e. The van der Waals surface area contributed by atoms with Crippen LogP contribution in [0.3, 0.4) is 0 Å². The van der Waals surface area contributed by atoms with Crippen molar-refractivity contribution in [1.82, 2.24) is 5.32 Å². The van der Waals surface area contributed by atoms with Crippen LogP contribution in [0.4, 0.5) is 0 Å². The number of nitrogens with one attached hydrogen (secondary N) is 1. The Morgan fingerprint density at radius 1 is 1.12 bits per heavy atom. The van der Waals surface area contributed by atoms with Crippen LogP contribution in [-0.2, 0) is 11.2 Å². The molecule has 17 heavy (non-hydrogen) atoms. The van der Waals surface area contributed by atoms with Crippen LogP contribution in [-0.4, -0.2) is 18.9 Å². The fraction of sp³-hybridized carbons (Fsp3) is 0.533. The fourth-order valence-electron chi connectivity index (χ4n) is 1.30. The van der Waals surface area contributed by atoms with E-state index in [2.05, 4.69) is 5.32 Å². The summed E-state index contributed by atoms with van der Waals surface area (Å²) in [4.78, 5) is 11.1. The van der Waals surface area contributed by atoms with Crippen LogP contribution in [0.2, 0.25) is 0 Å². The van der Waals surface area contributed by atoms with Crippen LogP contribution in [0.1, 0.15) is 40.2 Å². The predicted octanol–water partition coefficient (Wildman–Crippen LogP) is 3.46. The Kier molecular flexibility index (Phi) is 13.8. The van der Waals surface area contributed by atoms with Gasteiger partial charge in [-0.2, -0.15) is 0 Å². The standard InChI is InChI=1S/C11H15NO.2C2H6/c1-9(13)11(12-2)8-10-6-4-3-5-7-10;2*1-2/h3-7,11-12H,8H2,1-2H3;2*1-2H3. The number of carbonyl (C=O) groups excluding carboxylic acids is 1. The highest BCUT2D eigenvalue weighted by Crippen LogP contribution is 2.03. The Hall–Kier alpha value is -1.15. The molecule has 0 spiro atoms. The second-order valence-electron chi connectivity index (χ2n) is 3.14. The number of carbonyl (C=O) groups is 1. The zero-order valence-corrected chi connectivity index (χ0v) is 12.1. The summed E-state index contributed by atoms with van der Waals surface area (Å²) in [7, 11) is 1.81. The molecule has 1 unspecified atom stereocenters. The van der Waals surface area contributed by atoms with Crippen molar-refractivity contribution < 1.29 is 4.79 Å². The quantitative estimate of drug-likeness (QED) is 0.869. The number of ketones is 1. The van der Waals surface area contributed by atoms with Gasteiger partial charge in [-0.15, -0.1) is 0 Å². The summed E-state index contributed by atoms with van der Waals surface area (Å²) >= 11 is 0. The number of rotatable bonds is 4. The molecule has 1 aromatic rings. The molecule has 1 rings (SSSR count).